The summed E-state index contributed by atoms with van der Waals surface area (Å²) in [4.78, 5) is 6.48. The molecule has 0 radical (unpaired) electrons. The molecule has 0 bridgehead atoms. The van der Waals surface area contributed by atoms with E-state index < -0.39 is 0 Å². The Balaban J connectivity index is 2.50. The van der Waals surface area contributed by atoms with E-state index in [1.165, 1.54) is 18.4 Å². The molecular formula is C17H29N3O2. The summed E-state index contributed by atoms with van der Waals surface area (Å²) in [6.07, 6.45) is 2.35. The number of unbranched alkanes of at least 4 members (excludes halogenated alkanes) is 1. The van der Waals surface area contributed by atoms with E-state index in [4.69, 9.17) is 9.47 Å². The van der Waals surface area contributed by atoms with Crippen LogP contribution in [0.3, 0.4) is 0 Å². The first-order valence-corrected chi connectivity index (χ1v) is 7.83. The van der Waals surface area contributed by atoms with Crippen molar-refractivity contribution in [2.75, 3.05) is 41.0 Å². The fourth-order valence-corrected chi connectivity index (χ4v) is 2.06. The van der Waals surface area contributed by atoms with E-state index in [0.717, 1.165) is 24.8 Å². The molecule has 5 nitrogen and oxygen atoms in total. The van der Waals surface area contributed by atoms with Gasteiger partial charge in [0.05, 0.1) is 6.61 Å². The van der Waals surface area contributed by atoms with Gasteiger partial charge in [0.1, 0.15) is 12.4 Å². The first-order chi connectivity index (χ1) is 10.7. The summed E-state index contributed by atoms with van der Waals surface area (Å²) in [5.74, 6) is 1.78. The molecule has 0 unspecified atom stereocenters. The Morgan fingerprint density at radius 3 is 2.82 bits per heavy atom. The lowest BCUT2D eigenvalue weighted by atomic mass is 10.2. The van der Waals surface area contributed by atoms with E-state index >= 15 is 0 Å². The van der Waals surface area contributed by atoms with Gasteiger partial charge in [0, 0.05) is 34.3 Å². The van der Waals surface area contributed by atoms with Gasteiger partial charge >= 0.3 is 0 Å². The Hall–Kier alpha value is -1.75. The van der Waals surface area contributed by atoms with Crippen LogP contribution in [0.25, 0.3) is 0 Å². The maximum Gasteiger partial charge on any atom is 0.193 e. The minimum atomic E-state index is 0.564. The molecule has 0 fully saturated rings. The molecular weight excluding hydrogens is 278 g/mol. The number of hydrogen-bond acceptors (Lipinski definition) is 3. The fraction of sp³-hybridized carbons (Fsp3) is 0.588. The number of methoxy groups -OCH3 is 1. The van der Waals surface area contributed by atoms with Crippen molar-refractivity contribution in [1.82, 2.24) is 10.2 Å². The zero-order valence-corrected chi connectivity index (χ0v) is 14.3. The number of rotatable bonds is 9. The summed E-state index contributed by atoms with van der Waals surface area (Å²) in [6.45, 7) is 5.09. The van der Waals surface area contributed by atoms with E-state index in [0.29, 0.717) is 13.2 Å². The molecule has 0 aliphatic carbocycles. The smallest absolute Gasteiger partial charge is 0.193 e. The zero-order chi connectivity index (χ0) is 16.2. The van der Waals surface area contributed by atoms with Crippen molar-refractivity contribution in [3.05, 3.63) is 29.8 Å². The maximum atomic E-state index is 5.63. The predicted octanol–water partition coefficient (Wildman–Crippen LogP) is 2.52. The Labute approximate surface area is 134 Å². The van der Waals surface area contributed by atoms with Gasteiger partial charge in [-0.1, -0.05) is 25.5 Å². The average Bonchev–Trinajstić information content (AvgIpc) is 2.54. The van der Waals surface area contributed by atoms with Crippen molar-refractivity contribution >= 4 is 5.96 Å². The third-order valence-electron chi connectivity index (χ3n) is 3.33. The van der Waals surface area contributed by atoms with Gasteiger partial charge < -0.3 is 19.7 Å². The first kappa shape index (κ1) is 18.3. The highest BCUT2D eigenvalue weighted by Gasteiger charge is 2.05. The highest BCUT2D eigenvalue weighted by molar-refractivity contribution is 5.79. The third-order valence-corrected chi connectivity index (χ3v) is 3.33. The van der Waals surface area contributed by atoms with Crippen LogP contribution in [-0.4, -0.2) is 51.8 Å². The topological polar surface area (TPSA) is 46.1 Å². The summed E-state index contributed by atoms with van der Waals surface area (Å²) in [6, 6.07) is 8.08. The molecule has 0 saturated carbocycles. The number of benzene rings is 1. The normalized spacial score (nSPS) is 11.4. The van der Waals surface area contributed by atoms with Crippen molar-refractivity contribution < 1.29 is 9.47 Å². The van der Waals surface area contributed by atoms with Gasteiger partial charge in [-0.3, -0.25) is 4.99 Å². The van der Waals surface area contributed by atoms with Crippen LogP contribution >= 0.6 is 0 Å². The molecule has 0 aliphatic heterocycles. The third kappa shape index (κ3) is 6.80. The minimum Gasteiger partial charge on any atom is -0.491 e. The molecule has 1 aromatic carbocycles. The van der Waals surface area contributed by atoms with Crippen molar-refractivity contribution in [3.8, 4) is 5.75 Å². The van der Waals surface area contributed by atoms with Gasteiger partial charge in [-0.25, -0.2) is 0 Å². The second-order valence-electron chi connectivity index (χ2n) is 5.16. The number of hydrogen-bond donors (Lipinski definition) is 1. The van der Waals surface area contributed by atoms with E-state index in [2.05, 4.69) is 35.2 Å². The van der Waals surface area contributed by atoms with Gasteiger partial charge in [0.25, 0.3) is 0 Å². The van der Waals surface area contributed by atoms with E-state index in [1.54, 1.807) is 7.11 Å². The van der Waals surface area contributed by atoms with Crippen LogP contribution in [0.2, 0.25) is 0 Å². The Bertz CT molecular complexity index is 449. The quantitative estimate of drug-likeness (QED) is 0.432. The predicted molar refractivity (Wildman–Crippen MR) is 91.5 cm³/mol. The second kappa shape index (κ2) is 10.9. The Morgan fingerprint density at radius 1 is 1.32 bits per heavy atom. The van der Waals surface area contributed by atoms with Crippen LogP contribution < -0.4 is 10.1 Å². The van der Waals surface area contributed by atoms with Gasteiger partial charge in [0.15, 0.2) is 5.96 Å². The molecule has 22 heavy (non-hydrogen) atoms. The number of nitrogens with one attached hydrogen (secondary N) is 1. The van der Waals surface area contributed by atoms with Gasteiger partial charge in [-0.05, 0) is 24.1 Å². The number of nitrogens with zero attached hydrogens (tertiary/aromatic N) is 2. The summed E-state index contributed by atoms with van der Waals surface area (Å²) < 4.78 is 10.6. The summed E-state index contributed by atoms with van der Waals surface area (Å²) in [5.41, 5.74) is 1.17. The SMILES string of the molecule is CCCCN(C)C(=NC)NCc1cccc(OCCOC)c1. The first-order valence-electron chi connectivity index (χ1n) is 7.83. The van der Waals surface area contributed by atoms with E-state index in [9.17, 15) is 0 Å². The molecule has 1 aromatic rings. The lowest BCUT2D eigenvalue weighted by Crippen LogP contribution is -2.38. The molecule has 0 spiro atoms. The highest BCUT2D eigenvalue weighted by Crippen LogP contribution is 2.13. The summed E-state index contributed by atoms with van der Waals surface area (Å²) in [7, 11) is 5.55. The molecule has 0 saturated heterocycles. The van der Waals surface area contributed by atoms with Crippen LogP contribution in [0, 0.1) is 0 Å². The van der Waals surface area contributed by atoms with E-state index in [-0.39, 0.29) is 0 Å². The summed E-state index contributed by atoms with van der Waals surface area (Å²) in [5, 5.41) is 3.38. The average molecular weight is 307 g/mol. The number of ether oxygens (including phenoxy) is 2. The van der Waals surface area contributed by atoms with Crippen LogP contribution in [0.15, 0.2) is 29.3 Å². The highest BCUT2D eigenvalue weighted by atomic mass is 16.5. The van der Waals surface area contributed by atoms with Crippen LogP contribution in [0.5, 0.6) is 5.75 Å². The van der Waals surface area contributed by atoms with Crippen LogP contribution in [-0.2, 0) is 11.3 Å². The summed E-state index contributed by atoms with van der Waals surface area (Å²) >= 11 is 0. The molecule has 1 rings (SSSR count). The molecule has 0 aliphatic rings. The molecule has 1 N–H and O–H groups in total. The van der Waals surface area contributed by atoms with Crippen molar-refractivity contribution in [2.45, 2.75) is 26.3 Å². The standard InChI is InChI=1S/C17H29N3O2/c1-5-6-10-20(3)17(18-2)19-14-15-8-7-9-16(13-15)22-12-11-21-4/h7-9,13H,5-6,10-12,14H2,1-4H3,(H,18,19). The molecule has 0 atom stereocenters. The second-order valence-corrected chi connectivity index (χ2v) is 5.16. The van der Waals surface area contributed by atoms with Crippen LogP contribution in [0.4, 0.5) is 0 Å². The Kier molecular flexibility index (Phi) is 9.07. The van der Waals surface area contributed by atoms with Crippen molar-refractivity contribution in [1.29, 1.82) is 0 Å². The van der Waals surface area contributed by atoms with Gasteiger partial charge in [-0.2, -0.15) is 0 Å². The fourth-order valence-electron chi connectivity index (χ4n) is 2.06. The lowest BCUT2D eigenvalue weighted by molar-refractivity contribution is 0.146. The monoisotopic (exact) mass is 307 g/mol. The maximum absolute atomic E-state index is 5.63. The van der Waals surface area contributed by atoms with E-state index in [1.807, 2.05) is 25.2 Å². The molecule has 0 heterocycles. The molecule has 0 aromatic heterocycles. The number of aliphatic imine (C=N–C) groups is 1. The largest absolute Gasteiger partial charge is 0.491 e. The van der Waals surface area contributed by atoms with Crippen molar-refractivity contribution in [3.63, 3.8) is 0 Å². The number of guanidine groups is 1. The van der Waals surface area contributed by atoms with Crippen LogP contribution in [0.1, 0.15) is 25.3 Å². The minimum absolute atomic E-state index is 0.564. The van der Waals surface area contributed by atoms with Crippen molar-refractivity contribution in [2.24, 2.45) is 4.99 Å². The molecule has 124 valence electrons. The van der Waals surface area contributed by atoms with Gasteiger partial charge in [-0.15, -0.1) is 0 Å². The van der Waals surface area contributed by atoms with Gasteiger partial charge in [0.2, 0.25) is 0 Å². The lowest BCUT2D eigenvalue weighted by Gasteiger charge is -2.22. The Morgan fingerprint density at radius 2 is 2.14 bits per heavy atom. The molecule has 5 heteroatoms. The zero-order valence-electron chi connectivity index (χ0n) is 14.3. The molecule has 0 amide bonds.